The highest BCUT2D eigenvalue weighted by Gasteiger charge is 2.07. The highest BCUT2D eigenvalue weighted by atomic mass is 19.1. The Labute approximate surface area is 190 Å². The second-order valence-corrected chi connectivity index (χ2v) is 7.79. The minimum Gasteiger partial charge on any atom is -0.383 e. The summed E-state index contributed by atoms with van der Waals surface area (Å²) in [6, 6.07) is 16.3. The van der Waals surface area contributed by atoms with Crippen LogP contribution in [-0.2, 0) is 13.0 Å². The van der Waals surface area contributed by atoms with Crippen molar-refractivity contribution in [3.05, 3.63) is 108 Å². The normalized spacial score (nSPS) is 11.1. The van der Waals surface area contributed by atoms with Crippen LogP contribution in [0.25, 0.3) is 27.5 Å². The molecule has 0 aliphatic carbocycles. The Bertz CT molecular complexity index is 1500. The Morgan fingerprint density at radius 1 is 0.909 bits per heavy atom. The van der Waals surface area contributed by atoms with Gasteiger partial charge in [0.25, 0.3) is 0 Å². The topological polar surface area (TPSA) is 89.6 Å². The van der Waals surface area contributed by atoms with E-state index < -0.39 is 0 Å². The number of nitrogens with zero attached hydrogens (tertiary/aromatic N) is 4. The average Bonchev–Trinajstić information content (AvgIpc) is 2.82. The minimum atomic E-state index is -0.331. The summed E-state index contributed by atoms with van der Waals surface area (Å²) in [4.78, 5) is 17.5. The highest BCUT2D eigenvalue weighted by Crippen LogP contribution is 2.21. The van der Waals surface area contributed by atoms with Crippen LogP contribution in [0.5, 0.6) is 0 Å². The summed E-state index contributed by atoms with van der Waals surface area (Å²) in [6.07, 6.45) is 5.64. The number of nitrogens with one attached hydrogen (secondary N) is 1. The number of nitrogens with two attached hydrogens (primary N) is 1. The van der Waals surface area contributed by atoms with Crippen molar-refractivity contribution in [1.29, 1.82) is 0 Å². The molecule has 0 radical (unpaired) electrons. The summed E-state index contributed by atoms with van der Waals surface area (Å²) in [5.74, 6) is 0.199. The van der Waals surface area contributed by atoms with Crippen LogP contribution in [0, 0.1) is 5.82 Å². The molecule has 3 heterocycles. The summed E-state index contributed by atoms with van der Waals surface area (Å²) < 4.78 is 13.5. The standard InChI is InChI=1S/C26H21FN6/c1-16(31-14-17-2-4-23-19(10-17)7-9-30-26(23)28)18-6-8-29-21(11-18)13-22-15-32-24-5-3-20(27)12-25(24)33-22/h2-12,15,31H,1,13-14H2,(H2,28,30). The zero-order chi connectivity index (χ0) is 22.8. The molecule has 0 spiro atoms. The van der Waals surface area contributed by atoms with E-state index in [1.807, 2.05) is 30.3 Å². The van der Waals surface area contributed by atoms with E-state index in [2.05, 4.69) is 37.9 Å². The van der Waals surface area contributed by atoms with Crippen molar-refractivity contribution in [3.8, 4) is 0 Å². The number of benzene rings is 2. The molecule has 0 bridgehead atoms. The number of anilines is 1. The first kappa shape index (κ1) is 20.5. The Morgan fingerprint density at radius 2 is 1.79 bits per heavy atom. The molecule has 0 saturated carbocycles. The van der Waals surface area contributed by atoms with Gasteiger partial charge in [-0.05, 0) is 47.3 Å². The molecule has 0 aliphatic rings. The predicted molar refractivity (Wildman–Crippen MR) is 129 cm³/mol. The van der Waals surface area contributed by atoms with Gasteiger partial charge >= 0.3 is 0 Å². The van der Waals surface area contributed by atoms with Crippen molar-refractivity contribution in [2.24, 2.45) is 0 Å². The van der Waals surface area contributed by atoms with E-state index in [-0.39, 0.29) is 5.82 Å². The molecule has 3 N–H and O–H groups in total. The number of rotatable bonds is 6. The third-order valence-corrected chi connectivity index (χ3v) is 5.45. The van der Waals surface area contributed by atoms with Crippen molar-refractivity contribution in [1.82, 2.24) is 25.3 Å². The van der Waals surface area contributed by atoms with Gasteiger partial charge in [-0.2, -0.15) is 0 Å². The van der Waals surface area contributed by atoms with E-state index in [1.54, 1.807) is 24.7 Å². The molecule has 0 amide bonds. The molecule has 33 heavy (non-hydrogen) atoms. The van der Waals surface area contributed by atoms with Crippen LogP contribution < -0.4 is 11.1 Å². The summed E-state index contributed by atoms with van der Waals surface area (Å²) >= 11 is 0. The lowest BCUT2D eigenvalue weighted by Crippen LogP contribution is -2.11. The molecule has 5 aromatic rings. The first-order valence-electron chi connectivity index (χ1n) is 10.5. The van der Waals surface area contributed by atoms with Crippen molar-refractivity contribution in [2.45, 2.75) is 13.0 Å². The molecule has 0 unspecified atom stereocenters. The molecule has 0 fully saturated rings. The van der Waals surface area contributed by atoms with Crippen molar-refractivity contribution >= 4 is 33.3 Å². The van der Waals surface area contributed by atoms with Crippen LogP contribution in [0.2, 0.25) is 0 Å². The SMILES string of the molecule is C=C(NCc1ccc2c(N)nccc2c1)c1ccnc(Cc2cnc3ccc(F)cc3n2)c1. The summed E-state index contributed by atoms with van der Waals surface area (Å²) in [7, 11) is 0. The molecule has 7 heteroatoms. The Hall–Kier alpha value is -4.39. The second kappa shape index (κ2) is 8.63. The maximum Gasteiger partial charge on any atom is 0.131 e. The lowest BCUT2D eigenvalue weighted by atomic mass is 10.1. The quantitative estimate of drug-likeness (QED) is 0.403. The van der Waals surface area contributed by atoms with E-state index in [9.17, 15) is 4.39 Å². The van der Waals surface area contributed by atoms with E-state index in [0.717, 1.165) is 39.0 Å². The van der Waals surface area contributed by atoms with E-state index in [1.165, 1.54) is 12.1 Å². The average molecular weight is 436 g/mol. The third-order valence-electron chi connectivity index (χ3n) is 5.45. The lowest BCUT2D eigenvalue weighted by molar-refractivity contribution is 0.629. The first-order chi connectivity index (χ1) is 16.0. The smallest absolute Gasteiger partial charge is 0.131 e. The molecule has 0 atom stereocenters. The van der Waals surface area contributed by atoms with Gasteiger partial charge in [-0.15, -0.1) is 0 Å². The fraction of sp³-hybridized carbons (Fsp3) is 0.0769. The predicted octanol–water partition coefficient (Wildman–Crippen LogP) is 4.65. The first-order valence-corrected chi connectivity index (χ1v) is 10.5. The Morgan fingerprint density at radius 3 is 2.70 bits per heavy atom. The lowest BCUT2D eigenvalue weighted by Gasteiger charge is -2.12. The number of fused-ring (bicyclic) bond motifs is 2. The number of hydrogen-bond donors (Lipinski definition) is 2. The molecule has 162 valence electrons. The third kappa shape index (κ3) is 4.48. The van der Waals surface area contributed by atoms with Gasteiger partial charge in [0, 0.05) is 60.0 Å². The fourth-order valence-electron chi connectivity index (χ4n) is 3.73. The van der Waals surface area contributed by atoms with Crippen LogP contribution in [0.3, 0.4) is 0 Å². The molecule has 0 aliphatic heterocycles. The number of halogens is 1. The van der Waals surface area contributed by atoms with Gasteiger partial charge in [-0.25, -0.2) is 14.4 Å². The van der Waals surface area contributed by atoms with Crippen LogP contribution in [0.1, 0.15) is 22.5 Å². The number of nitrogen functional groups attached to an aromatic ring is 1. The molecular formula is C26H21FN6. The molecule has 2 aromatic carbocycles. The summed E-state index contributed by atoms with van der Waals surface area (Å²) in [5, 5.41) is 5.37. The van der Waals surface area contributed by atoms with Crippen LogP contribution in [-0.4, -0.2) is 19.9 Å². The fourth-order valence-corrected chi connectivity index (χ4v) is 3.73. The molecule has 0 saturated heterocycles. The van der Waals surface area contributed by atoms with Gasteiger partial charge in [0.15, 0.2) is 0 Å². The van der Waals surface area contributed by atoms with Gasteiger partial charge in [0.2, 0.25) is 0 Å². The number of aromatic nitrogens is 4. The highest BCUT2D eigenvalue weighted by molar-refractivity contribution is 5.91. The molecule has 6 nitrogen and oxygen atoms in total. The largest absolute Gasteiger partial charge is 0.383 e. The summed E-state index contributed by atoms with van der Waals surface area (Å²) in [6.45, 7) is 4.80. The zero-order valence-electron chi connectivity index (χ0n) is 17.8. The maximum absolute atomic E-state index is 13.5. The van der Waals surface area contributed by atoms with Crippen molar-refractivity contribution in [3.63, 3.8) is 0 Å². The van der Waals surface area contributed by atoms with Crippen LogP contribution >= 0.6 is 0 Å². The monoisotopic (exact) mass is 436 g/mol. The van der Waals surface area contributed by atoms with E-state index >= 15 is 0 Å². The minimum absolute atomic E-state index is 0.331. The van der Waals surface area contributed by atoms with Gasteiger partial charge in [-0.1, -0.05) is 18.7 Å². The number of pyridine rings is 2. The molecular weight excluding hydrogens is 415 g/mol. The second-order valence-electron chi connectivity index (χ2n) is 7.79. The number of hydrogen-bond acceptors (Lipinski definition) is 6. The van der Waals surface area contributed by atoms with Crippen LogP contribution in [0.15, 0.2) is 79.8 Å². The van der Waals surface area contributed by atoms with Gasteiger partial charge < -0.3 is 11.1 Å². The Balaban J connectivity index is 1.29. The van der Waals surface area contributed by atoms with Gasteiger partial charge in [-0.3, -0.25) is 9.97 Å². The zero-order valence-corrected chi connectivity index (χ0v) is 17.8. The van der Waals surface area contributed by atoms with Gasteiger partial charge in [0.05, 0.1) is 16.7 Å². The van der Waals surface area contributed by atoms with E-state index in [4.69, 9.17) is 5.73 Å². The Kier molecular flexibility index (Phi) is 5.36. The van der Waals surface area contributed by atoms with Crippen molar-refractivity contribution in [2.75, 3.05) is 5.73 Å². The van der Waals surface area contributed by atoms with Gasteiger partial charge in [0.1, 0.15) is 11.6 Å². The maximum atomic E-state index is 13.5. The van der Waals surface area contributed by atoms with E-state index in [0.29, 0.717) is 29.8 Å². The molecule has 3 aromatic heterocycles. The summed E-state index contributed by atoms with van der Waals surface area (Å²) in [5.41, 5.74) is 11.5. The van der Waals surface area contributed by atoms with Crippen LogP contribution in [0.4, 0.5) is 10.2 Å². The van der Waals surface area contributed by atoms with Crippen molar-refractivity contribution < 1.29 is 4.39 Å². The molecule has 5 rings (SSSR count).